The lowest BCUT2D eigenvalue weighted by Gasteiger charge is -2.29. The molecule has 12 heteroatoms. The highest BCUT2D eigenvalue weighted by Gasteiger charge is 2.35. The van der Waals surface area contributed by atoms with Crippen molar-refractivity contribution < 1.29 is 19.1 Å². The van der Waals surface area contributed by atoms with E-state index in [0.717, 1.165) is 11.1 Å². The summed E-state index contributed by atoms with van der Waals surface area (Å²) in [7, 11) is 1.54. The molecule has 1 aromatic heterocycles. The monoisotopic (exact) mass is 646 g/mol. The second-order valence-electron chi connectivity index (χ2n) is 10.2. The predicted molar refractivity (Wildman–Crippen MR) is 177 cm³/mol. The Labute approximate surface area is 271 Å². The Morgan fingerprint density at radius 3 is 2.49 bits per heavy atom. The number of halogens is 1. The van der Waals surface area contributed by atoms with Gasteiger partial charge in [0.2, 0.25) is 11.1 Å². The van der Waals surface area contributed by atoms with E-state index in [4.69, 9.17) is 31.2 Å². The van der Waals surface area contributed by atoms with E-state index in [1.165, 1.54) is 18.9 Å². The van der Waals surface area contributed by atoms with Gasteiger partial charge in [0.1, 0.15) is 6.04 Å². The van der Waals surface area contributed by atoms with Gasteiger partial charge >= 0.3 is 0 Å². The molecule has 0 fully saturated rings. The Morgan fingerprint density at radius 2 is 1.78 bits per heavy atom. The van der Waals surface area contributed by atoms with Crippen molar-refractivity contribution in [2.45, 2.75) is 37.7 Å². The van der Waals surface area contributed by atoms with Crippen LogP contribution >= 0.6 is 23.4 Å². The van der Waals surface area contributed by atoms with Gasteiger partial charge < -0.3 is 25.0 Å². The van der Waals surface area contributed by atoms with E-state index in [9.17, 15) is 9.59 Å². The van der Waals surface area contributed by atoms with Crippen molar-refractivity contribution in [2.75, 3.05) is 37.4 Å². The number of rotatable bonds is 12. The van der Waals surface area contributed by atoms with Crippen LogP contribution in [0.25, 0.3) is 0 Å². The molecule has 2 amide bonds. The van der Waals surface area contributed by atoms with Gasteiger partial charge in [-0.05, 0) is 62.2 Å². The van der Waals surface area contributed by atoms with Crippen molar-refractivity contribution in [1.82, 2.24) is 19.7 Å². The van der Waals surface area contributed by atoms with E-state index >= 15 is 0 Å². The lowest BCUT2D eigenvalue weighted by atomic mass is 9.94. The second kappa shape index (κ2) is 14.5. The van der Waals surface area contributed by atoms with Crippen molar-refractivity contribution >= 4 is 46.8 Å². The first kappa shape index (κ1) is 31.9. The smallest absolute Gasteiger partial charge is 0.260 e. The molecule has 0 bridgehead atoms. The fraction of sp³-hybridized carbons (Fsp3) is 0.273. The SMILES string of the molecule is CCN(CC)C(=O)COc1ccc(C2C(C(=O)Nc3ccccc3)=C(C)Nc3nc(SCc4ccccc4Cl)nn32)cc1OC. The fourth-order valence-corrected chi connectivity index (χ4v) is 6.17. The maximum absolute atomic E-state index is 13.9. The van der Waals surface area contributed by atoms with Crippen LogP contribution in [-0.4, -0.2) is 58.3 Å². The van der Waals surface area contributed by atoms with Gasteiger partial charge in [-0.1, -0.05) is 65.8 Å². The Bertz CT molecular complexity index is 1710. The Morgan fingerprint density at radius 1 is 1.04 bits per heavy atom. The van der Waals surface area contributed by atoms with Gasteiger partial charge in [-0.15, -0.1) is 5.10 Å². The zero-order valence-corrected chi connectivity index (χ0v) is 27.1. The van der Waals surface area contributed by atoms with Crippen molar-refractivity contribution in [3.63, 3.8) is 0 Å². The average molecular weight is 647 g/mol. The van der Waals surface area contributed by atoms with Crippen molar-refractivity contribution in [1.29, 1.82) is 0 Å². The summed E-state index contributed by atoms with van der Waals surface area (Å²) in [6, 6.07) is 21.7. The number of hydrogen-bond donors (Lipinski definition) is 2. The number of likely N-dealkylation sites (N-methyl/N-ethyl adjacent to an activating group) is 1. The van der Waals surface area contributed by atoms with Gasteiger partial charge in [0.05, 0.1) is 12.7 Å². The molecule has 0 aliphatic carbocycles. The van der Waals surface area contributed by atoms with Gasteiger partial charge in [0, 0.05) is 35.2 Å². The minimum absolute atomic E-state index is 0.114. The van der Waals surface area contributed by atoms with Crippen LogP contribution in [0, 0.1) is 0 Å². The molecule has 3 aromatic carbocycles. The molecular weight excluding hydrogens is 612 g/mol. The summed E-state index contributed by atoms with van der Waals surface area (Å²) in [5.41, 5.74) is 3.47. The van der Waals surface area contributed by atoms with Crippen molar-refractivity contribution in [3.8, 4) is 11.5 Å². The summed E-state index contributed by atoms with van der Waals surface area (Å²) in [6.07, 6.45) is 0. The number of nitrogens with one attached hydrogen (secondary N) is 2. The first-order valence-electron chi connectivity index (χ1n) is 14.6. The van der Waals surface area contributed by atoms with E-state index in [0.29, 0.717) is 63.4 Å². The standard InChI is InChI=1S/C33H35ClN6O4S/c1-5-39(6-2)28(41)19-44-26-17-16-22(18-27(26)43-4)30-29(31(42)36-24-13-8-7-9-14-24)21(3)35-32-37-33(38-40(30)32)45-20-23-12-10-11-15-25(23)34/h7-18,30H,5-6,19-20H2,1-4H3,(H,36,42)(H,35,37,38). The van der Waals surface area contributed by atoms with E-state index < -0.39 is 6.04 Å². The third kappa shape index (κ3) is 7.26. The normalized spacial score (nSPS) is 13.9. The maximum Gasteiger partial charge on any atom is 0.260 e. The number of thioether (sulfide) groups is 1. The molecule has 2 heterocycles. The topological polar surface area (TPSA) is 111 Å². The van der Waals surface area contributed by atoms with Crippen molar-refractivity contribution in [3.05, 3.63) is 100 Å². The third-order valence-corrected chi connectivity index (χ3v) is 8.65. The number of amides is 2. The molecule has 45 heavy (non-hydrogen) atoms. The lowest BCUT2D eigenvalue weighted by molar-refractivity contribution is -0.133. The molecule has 5 rings (SSSR count). The predicted octanol–water partition coefficient (Wildman–Crippen LogP) is 6.41. The molecule has 1 aliphatic rings. The largest absolute Gasteiger partial charge is 0.493 e. The molecule has 1 unspecified atom stereocenters. The number of aromatic nitrogens is 3. The van der Waals surface area contributed by atoms with E-state index in [-0.39, 0.29) is 18.4 Å². The second-order valence-corrected chi connectivity index (χ2v) is 11.5. The van der Waals surface area contributed by atoms with E-state index in [2.05, 4.69) is 10.6 Å². The molecule has 0 spiro atoms. The minimum atomic E-state index is -0.646. The summed E-state index contributed by atoms with van der Waals surface area (Å²) in [4.78, 5) is 32.9. The Balaban J connectivity index is 1.49. The number of anilines is 2. The highest BCUT2D eigenvalue weighted by atomic mass is 35.5. The first-order chi connectivity index (χ1) is 21.8. The molecule has 0 radical (unpaired) electrons. The van der Waals surface area contributed by atoms with Crippen LogP contribution in [0.3, 0.4) is 0 Å². The minimum Gasteiger partial charge on any atom is -0.493 e. The number of nitrogens with zero attached hydrogens (tertiary/aromatic N) is 4. The summed E-state index contributed by atoms with van der Waals surface area (Å²) < 4.78 is 13.3. The van der Waals surface area contributed by atoms with Gasteiger partial charge in [-0.25, -0.2) is 4.68 Å². The first-order valence-corrected chi connectivity index (χ1v) is 15.9. The van der Waals surface area contributed by atoms with E-state index in [1.54, 1.807) is 21.7 Å². The zero-order chi connectivity index (χ0) is 31.9. The number of para-hydroxylation sites is 1. The van der Waals surface area contributed by atoms with Crippen LogP contribution in [0.2, 0.25) is 5.02 Å². The molecule has 234 valence electrons. The molecule has 2 N–H and O–H groups in total. The van der Waals surface area contributed by atoms with Gasteiger partial charge in [0.25, 0.3) is 11.8 Å². The number of carbonyl (C=O) groups is 2. The lowest BCUT2D eigenvalue weighted by Crippen LogP contribution is -2.34. The number of ether oxygens (including phenoxy) is 2. The van der Waals surface area contributed by atoms with Crippen LogP contribution in [0.4, 0.5) is 11.6 Å². The number of methoxy groups -OCH3 is 1. The molecule has 0 saturated heterocycles. The van der Waals surface area contributed by atoms with Crippen LogP contribution in [-0.2, 0) is 15.3 Å². The molecule has 1 atom stereocenters. The zero-order valence-electron chi connectivity index (χ0n) is 25.5. The maximum atomic E-state index is 13.9. The fourth-order valence-electron chi connectivity index (χ4n) is 5.05. The summed E-state index contributed by atoms with van der Waals surface area (Å²) in [5.74, 6) is 1.52. The number of fused-ring (bicyclic) bond motifs is 1. The average Bonchev–Trinajstić information content (AvgIpc) is 3.46. The highest BCUT2D eigenvalue weighted by Crippen LogP contribution is 2.40. The molecule has 10 nitrogen and oxygen atoms in total. The third-order valence-electron chi connectivity index (χ3n) is 7.39. The summed E-state index contributed by atoms with van der Waals surface area (Å²) in [5, 5.41) is 12.3. The highest BCUT2D eigenvalue weighted by molar-refractivity contribution is 7.98. The Hall–Kier alpha value is -4.48. The summed E-state index contributed by atoms with van der Waals surface area (Å²) >= 11 is 7.83. The molecule has 4 aromatic rings. The van der Waals surface area contributed by atoms with Crippen LogP contribution in [0.15, 0.2) is 89.2 Å². The van der Waals surface area contributed by atoms with Crippen LogP contribution < -0.4 is 20.1 Å². The number of benzene rings is 3. The van der Waals surface area contributed by atoms with Gasteiger partial charge in [-0.3, -0.25) is 9.59 Å². The van der Waals surface area contributed by atoms with E-state index in [1.807, 2.05) is 81.4 Å². The molecule has 1 aliphatic heterocycles. The van der Waals surface area contributed by atoms with Crippen molar-refractivity contribution in [2.24, 2.45) is 0 Å². The quantitative estimate of drug-likeness (QED) is 0.170. The summed E-state index contributed by atoms with van der Waals surface area (Å²) in [6.45, 7) is 6.78. The number of carbonyl (C=O) groups excluding carboxylic acids is 2. The van der Waals surface area contributed by atoms with Crippen LogP contribution in [0.1, 0.15) is 37.9 Å². The number of allylic oxidation sites excluding steroid dienone is 1. The van der Waals surface area contributed by atoms with Crippen LogP contribution in [0.5, 0.6) is 11.5 Å². The van der Waals surface area contributed by atoms with Gasteiger partial charge in [0.15, 0.2) is 18.1 Å². The van der Waals surface area contributed by atoms with Gasteiger partial charge in [-0.2, -0.15) is 4.98 Å². The molecule has 0 saturated carbocycles. The molecular formula is C33H35ClN6O4S. The Kier molecular flexibility index (Phi) is 10.3. The number of hydrogen-bond acceptors (Lipinski definition) is 8.